The normalized spacial score (nSPS) is 12.9. The van der Waals surface area contributed by atoms with Crippen LogP contribution in [0.25, 0.3) is 21.0 Å². The molecule has 1 atom stereocenters. The van der Waals surface area contributed by atoms with Crippen molar-refractivity contribution in [2.24, 2.45) is 0 Å². The van der Waals surface area contributed by atoms with E-state index in [1.54, 1.807) is 55.5 Å². The van der Waals surface area contributed by atoms with Crippen LogP contribution in [-0.2, 0) is 15.6 Å². The number of carbonyl (C=O) groups excluding carboxylic acids is 2. The monoisotopic (exact) mass is 617 g/mol. The number of aromatic nitrogens is 1. The third kappa shape index (κ3) is 6.47. The van der Waals surface area contributed by atoms with E-state index in [1.165, 1.54) is 18.4 Å². The van der Waals surface area contributed by atoms with Gasteiger partial charge in [0.1, 0.15) is 5.69 Å². The zero-order valence-electron chi connectivity index (χ0n) is 22.7. The van der Waals surface area contributed by atoms with Crippen molar-refractivity contribution in [2.75, 3.05) is 18.1 Å². The average molecular weight is 618 g/mol. The van der Waals surface area contributed by atoms with Gasteiger partial charge in [0.2, 0.25) is 10.0 Å². The third-order valence-corrected chi connectivity index (χ3v) is 9.45. The molecule has 0 saturated heterocycles. The largest absolute Gasteiger partial charge is 0.352 e. The molecule has 0 aliphatic heterocycles. The van der Waals surface area contributed by atoms with Crippen LogP contribution in [0.1, 0.15) is 33.3 Å². The van der Waals surface area contributed by atoms with E-state index >= 15 is 0 Å². The third-order valence-electron chi connectivity index (χ3n) is 6.70. The van der Waals surface area contributed by atoms with Gasteiger partial charge in [0.25, 0.3) is 11.8 Å². The summed E-state index contributed by atoms with van der Waals surface area (Å²) in [5.41, 5.74) is 1.30. The number of rotatable bonds is 8. The number of nitrogens with one attached hydrogen (secondary N) is 4. The molecule has 0 unspecified atom stereocenters. The summed E-state index contributed by atoms with van der Waals surface area (Å²) in [5, 5.41) is 12.1. The van der Waals surface area contributed by atoms with Crippen molar-refractivity contribution in [1.82, 2.24) is 20.3 Å². The highest BCUT2D eigenvalue weighted by atomic mass is 32.2. The number of thiocarbonyl (C=S) groups is 1. The first kappa shape index (κ1) is 29.3. The molecule has 2 heterocycles. The van der Waals surface area contributed by atoms with Crippen LogP contribution in [0.5, 0.6) is 0 Å². The lowest BCUT2D eigenvalue weighted by Gasteiger charge is -2.32. The maximum Gasteiger partial charge on any atom is 0.274 e. The molecule has 0 aliphatic carbocycles. The average Bonchev–Trinajstić information content (AvgIpc) is 3.41. The zero-order valence-corrected chi connectivity index (χ0v) is 25.1. The summed E-state index contributed by atoms with van der Waals surface area (Å²) in [6.07, 6.45) is 0. The number of nitrogens with zero attached hydrogens (tertiary/aromatic N) is 1. The van der Waals surface area contributed by atoms with Gasteiger partial charge in [-0.25, -0.2) is 18.1 Å². The highest BCUT2D eigenvalue weighted by Crippen LogP contribution is 2.36. The number of hydrogen-bond acceptors (Lipinski definition) is 7. The van der Waals surface area contributed by atoms with E-state index in [2.05, 4.69) is 25.7 Å². The smallest absolute Gasteiger partial charge is 0.274 e. The summed E-state index contributed by atoms with van der Waals surface area (Å²) in [7, 11) is -2.40. The molecule has 12 heteroatoms. The number of benzene rings is 3. The Balaban J connectivity index is 1.44. The summed E-state index contributed by atoms with van der Waals surface area (Å²) in [4.78, 5) is 30.2. The van der Waals surface area contributed by atoms with Crippen molar-refractivity contribution in [3.63, 3.8) is 0 Å². The second-order valence-corrected chi connectivity index (χ2v) is 13.0. The van der Waals surface area contributed by atoms with Gasteiger partial charge in [-0.15, -0.1) is 11.3 Å². The first-order valence-electron chi connectivity index (χ1n) is 12.9. The molecular formula is C30H27N5O4S3. The van der Waals surface area contributed by atoms with Crippen molar-refractivity contribution >= 4 is 77.2 Å². The molecule has 0 spiro atoms. The minimum atomic E-state index is -3.74. The number of hydrogen-bond donors (Lipinski definition) is 4. The summed E-state index contributed by atoms with van der Waals surface area (Å²) in [5.74, 6) is -1.17. The summed E-state index contributed by atoms with van der Waals surface area (Å²) >= 11 is 6.88. The highest BCUT2D eigenvalue weighted by Gasteiger charge is 2.35. The molecule has 0 saturated carbocycles. The van der Waals surface area contributed by atoms with Gasteiger partial charge < -0.3 is 10.6 Å². The van der Waals surface area contributed by atoms with Crippen LogP contribution < -0.4 is 20.7 Å². The molecule has 0 fully saturated rings. The lowest BCUT2D eigenvalue weighted by Crippen LogP contribution is -2.53. The molecule has 0 radical (unpaired) electrons. The Labute approximate surface area is 252 Å². The summed E-state index contributed by atoms with van der Waals surface area (Å²) in [6.45, 7) is 1.70. The molecule has 42 heavy (non-hydrogen) atoms. The zero-order chi connectivity index (χ0) is 29.9. The number of fused-ring (bicyclic) bond motifs is 2. The van der Waals surface area contributed by atoms with Crippen LogP contribution in [0, 0.1) is 0 Å². The van der Waals surface area contributed by atoms with Crippen LogP contribution in [0.4, 0.5) is 5.69 Å². The summed E-state index contributed by atoms with van der Waals surface area (Å²) < 4.78 is 28.8. The maximum absolute atomic E-state index is 13.1. The fourth-order valence-corrected chi connectivity index (χ4v) is 7.13. The number of carbonyl (C=O) groups is 2. The highest BCUT2D eigenvalue weighted by molar-refractivity contribution is 7.89. The molecule has 5 rings (SSSR count). The lowest BCUT2D eigenvalue weighted by atomic mass is 9.93. The quantitative estimate of drug-likeness (QED) is 0.185. The number of sulfonamides is 1. The number of anilines is 1. The fourth-order valence-electron chi connectivity index (χ4n) is 4.60. The Morgan fingerprint density at radius 3 is 2.45 bits per heavy atom. The first-order chi connectivity index (χ1) is 20.1. The van der Waals surface area contributed by atoms with Gasteiger partial charge in [-0.2, -0.15) is 0 Å². The van der Waals surface area contributed by atoms with E-state index in [1.807, 2.05) is 41.8 Å². The minimum absolute atomic E-state index is 0.0242. The standard InChI is InChI=1S/C30H27N5O4S3/c1-30(18-42(38,39)31-2,35-29(40)34-27(36)20-9-4-3-5-10-20)23-17-41-26-15-13-21(16-22(23)26)32-28(37)25-14-12-19-8-6-7-11-24(19)33-25/h3-17,31H,18H2,1-2H3,(H,32,37)(H2,34,35,36,40)/t30-/m0/s1. The van der Waals surface area contributed by atoms with Gasteiger partial charge in [0.15, 0.2) is 5.11 Å². The Bertz CT molecular complexity index is 1930. The summed E-state index contributed by atoms with van der Waals surface area (Å²) in [6, 6.07) is 25.0. The van der Waals surface area contributed by atoms with E-state index in [0.717, 1.165) is 15.5 Å². The number of para-hydroxylation sites is 1. The molecule has 2 aromatic heterocycles. The van der Waals surface area contributed by atoms with Crippen LogP contribution in [0.3, 0.4) is 0 Å². The molecule has 0 aliphatic rings. The van der Waals surface area contributed by atoms with E-state index in [9.17, 15) is 18.0 Å². The Kier molecular flexibility index (Phi) is 8.32. The maximum atomic E-state index is 13.1. The molecule has 4 N–H and O–H groups in total. The lowest BCUT2D eigenvalue weighted by molar-refractivity contribution is 0.0974. The number of pyridine rings is 1. The van der Waals surface area contributed by atoms with Gasteiger partial charge in [-0.05, 0) is 79.6 Å². The minimum Gasteiger partial charge on any atom is -0.352 e. The fraction of sp³-hybridized carbons (Fsp3) is 0.133. The molecule has 9 nitrogen and oxygen atoms in total. The van der Waals surface area contributed by atoms with E-state index in [4.69, 9.17) is 12.2 Å². The molecule has 0 bridgehead atoms. The van der Waals surface area contributed by atoms with Crippen LogP contribution in [-0.4, -0.2) is 43.1 Å². The SMILES string of the molecule is CNS(=O)(=O)C[C@](C)(NC(=S)NC(=O)c1ccccc1)c1csc2ccc(NC(=O)c3ccc4ccccc4n3)cc12. The molecule has 214 valence electrons. The van der Waals surface area contributed by atoms with Gasteiger partial charge in [-0.3, -0.25) is 14.9 Å². The second-order valence-electron chi connectivity index (χ2n) is 9.77. The van der Waals surface area contributed by atoms with Gasteiger partial charge in [0, 0.05) is 26.7 Å². The predicted molar refractivity (Wildman–Crippen MR) is 171 cm³/mol. The van der Waals surface area contributed by atoms with Gasteiger partial charge in [-0.1, -0.05) is 42.5 Å². The van der Waals surface area contributed by atoms with Gasteiger partial charge >= 0.3 is 0 Å². The topological polar surface area (TPSA) is 129 Å². The van der Waals surface area contributed by atoms with Gasteiger partial charge in [0.05, 0.1) is 16.8 Å². The molecule has 3 aromatic carbocycles. The van der Waals surface area contributed by atoms with Crippen molar-refractivity contribution < 1.29 is 18.0 Å². The van der Waals surface area contributed by atoms with Crippen molar-refractivity contribution in [2.45, 2.75) is 12.5 Å². The van der Waals surface area contributed by atoms with Crippen molar-refractivity contribution in [3.8, 4) is 0 Å². The van der Waals surface area contributed by atoms with E-state index < -0.39 is 21.5 Å². The Hall–Kier alpha value is -4.23. The molecular weight excluding hydrogens is 591 g/mol. The first-order valence-corrected chi connectivity index (χ1v) is 15.8. The Morgan fingerprint density at radius 2 is 1.69 bits per heavy atom. The van der Waals surface area contributed by atoms with Crippen LogP contribution >= 0.6 is 23.6 Å². The van der Waals surface area contributed by atoms with Crippen molar-refractivity contribution in [1.29, 1.82) is 0 Å². The van der Waals surface area contributed by atoms with E-state index in [0.29, 0.717) is 22.3 Å². The number of amides is 2. The second kappa shape index (κ2) is 11.9. The number of thiophene rings is 1. The van der Waals surface area contributed by atoms with Crippen LogP contribution in [0.15, 0.2) is 90.3 Å². The Morgan fingerprint density at radius 1 is 0.952 bits per heavy atom. The predicted octanol–water partition coefficient (Wildman–Crippen LogP) is 4.77. The van der Waals surface area contributed by atoms with Crippen molar-refractivity contribution in [3.05, 3.63) is 107 Å². The van der Waals surface area contributed by atoms with E-state index in [-0.39, 0.29) is 22.5 Å². The molecule has 5 aromatic rings. The van der Waals surface area contributed by atoms with Crippen LogP contribution in [0.2, 0.25) is 0 Å². The molecule has 2 amide bonds.